The molecule has 0 aliphatic carbocycles. The van der Waals surface area contributed by atoms with Crippen molar-refractivity contribution in [3.8, 4) is 0 Å². The molecule has 1 heterocycles. The zero-order chi connectivity index (χ0) is 14.6. The van der Waals surface area contributed by atoms with Crippen LogP contribution in [-0.2, 0) is 4.74 Å². The lowest BCUT2D eigenvalue weighted by atomic mass is 9.97. The van der Waals surface area contributed by atoms with Crippen LogP contribution >= 0.6 is 0 Å². The smallest absolute Gasteiger partial charge is 0.173 e. The Morgan fingerprint density at radius 2 is 1.74 bits per heavy atom. The summed E-state index contributed by atoms with van der Waals surface area (Å²) in [4.78, 5) is 0. The van der Waals surface area contributed by atoms with Crippen molar-refractivity contribution in [3.05, 3.63) is 0 Å². The quantitative estimate of drug-likeness (QED) is 0.253. The lowest BCUT2D eigenvalue weighted by molar-refractivity contribution is -0.258. The van der Waals surface area contributed by atoms with E-state index in [1.165, 1.54) is 0 Å². The molecule has 0 aromatic carbocycles. The summed E-state index contributed by atoms with van der Waals surface area (Å²) in [6, 6.07) is -1.08. The van der Waals surface area contributed by atoms with E-state index in [4.69, 9.17) is 14.9 Å². The fourth-order valence-electron chi connectivity index (χ4n) is 1.98. The third kappa shape index (κ3) is 4.62. The van der Waals surface area contributed by atoms with Gasteiger partial charge in [0, 0.05) is 0 Å². The average molecular weight is 281 g/mol. The van der Waals surface area contributed by atoms with Crippen LogP contribution in [0, 0.1) is 0 Å². The highest BCUT2D eigenvalue weighted by molar-refractivity contribution is 4.93. The van der Waals surface area contributed by atoms with Gasteiger partial charge in [-0.3, -0.25) is 5.32 Å². The minimum Gasteiger partial charge on any atom is -0.394 e. The fraction of sp³-hybridized carbons (Fsp3) is 1.00. The van der Waals surface area contributed by atoms with E-state index in [0.717, 1.165) is 0 Å². The van der Waals surface area contributed by atoms with E-state index in [0.29, 0.717) is 6.42 Å². The van der Waals surface area contributed by atoms with Gasteiger partial charge in [-0.05, 0) is 19.8 Å². The van der Waals surface area contributed by atoms with Crippen molar-refractivity contribution < 1.29 is 35.4 Å². The predicted molar refractivity (Wildman–Crippen MR) is 63.8 cm³/mol. The number of hydrogen-bond acceptors (Lipinski definition) is 8. The summed E-state index contributed by atoms with van der Waals surface area (Å²) < 4.78 is 4.93. The summed E-state index contributed by atoms with van der Waals surface area (Å²) in [6.45, 7) is 1.04. The molecule has 0 amide bonds. The summed E-state index contributed by atoms with van der Waals surface area (Å²) in [5.74, 6) is 0. The number of aliphatic hydroxyl groups excluding tert-OH is 6. The molecule has 1 aliphatic heterocycles. The molecule has 8 heteroatoms. The van der Waals surface area contributed by atoms with Gasteiger partial charge in [-0.1, -0.05) is 0 Å². The second-order valence-corrected chi connectivity index (χ2v) is 4.86. The van der Waals surface area contributed by atoms with Gasteiger partial charge in [0.1, 0.15) is 24.5 Å². The molecule has 0 saturated carbocycles. The van der Waals surface area contributed by atoms with Crippen molar-refractivity contribution in [1.29, 1.82) is 0 Å². The maximum absolute atomic E-state index is 9.81. The molecule has 0 radical (unpaired) electrons. The van der Waals surface area contributed by atoms with Crippen LogP contribution in [0.4, 0.5) is 0 Å². The van der Waals surface area contributed by atoms with Crippen LogP contribution in [0.1, 0.15) is 19.8 Å². The molecule has 1 saturated heterocycles. The summed E-state index contributed by atoms with van der Waals surface area (Å²) >= 11 is 0. The van der Waals surface area contributed by atoms with Crippen LogP contribution in [0.25, 0.3) is 0 Å². The Morgan fingerprint density at radius 1 is 1.11 bits per heavy atom. The van der Waals surface area contributed by atoms with Gasteiger partial charge in [0.2, 0.25) is 0 Å². The van der Waals surface area contributed by atoms with Gasteiger partial charge in [0.25, 0.3) is 0 Å². The second-order valence-electron chi connectivity index (χ2n) is 4.86. The van der Waals surface area contributed by atoms with Crippen molar-refractivity contribution in [1.82, 2.24) is 5.32 Å². The van der Waals surface area contributed by atoms with Crippen LogP contribution in [-0.4, -0.2) is 80.2 Å². The first-order chi connectivity index (χ1) is 8.86. The topological polar surface area (TPSA) is 143 Å². The lowest BCUT2D eigenvalue weighted by Gasteiger charge is -2.41. The van der Waals surface area contributed by atoms with Gasteiger partial charge in [-0.2, -0.15) is 0 Å². The number of hydrogen-bond donors (Lipinski definition) is 7. The zero-order valence-electron chi connectivity index (χ0n) is 10.8. The molecule has 7 atom stereocenters. The molecule has 0 bridgehead atoms. The highest BCUT2D eigenvalue weighted by Crippen LogP contribution is 2.20. The largest absolute Gasteiger partial charge is 0.394 e. The Kier molecular flexibility index (Phi) is 6.57. The van der Waals surface area contributed by atoms with Gasteiger partial charge in [0.15, 0.2) is 6.29 Å². The van der Waals surface area contributed by atoms with E-state index in [9.17, 15) is 20.4 Å². The summed E-state index contributed by atoms with van der Waals surface area (Å²) in [5.41, 5.74) is 0. The van der Waals surface area contributed by atoms with E-state index < -0.39 is 49.6 Å². The molecule has 0 spiro atoms. The second kappa shape index (κ2) is 7.46. The van der Waals surface area contributed by atoms with Gasteiger partial charge in [0.05, 0.1) is 18.8 Å². The molecule has 19 heavy (non-hydrogen) atoms. The average Bonchev–Trinajstić information content (AvgIpc) is 2.36. The Morgan fingerprint density at radius 3 is 2.26 bits per heavy atom. The van der Waals surface area contributed by atoms with Crippen LogP contribution in [0.2, 0.25) is 0 Å². The Bertz CT molecular complexity index is 265. The van der Waals surface area contributed by atoms with Crippen LogP contribution < -0.4 is 5.32 Å². The van der Waals surface area contributed by atoms with Gasteiger partial charge >= 0.3 is 0 Å². The van der Waals surface area contributed by atoms with Crippen LogP contribution in [0.3, 0.4) is 0 Å². The van der Waals surface area contributed by atoms with E-state index in [-0.39, 0.29) is 6.42 Å². The first kappa shape index (κ1) is 16.7. The monoisotopic (exact) mass is 281 g/mol. The number of nitrogens with one attached hydrogen (secondary N) is 1. The molecule has 4 unspecified atom stereocenters. The molecule has 1 rings (SSSR count). The van der Waals surface area contributed by atoms with Crippen LogP contribution in [0.5, 0.6) is 0 Å². The van der Waals surface area contributed by atoms with E-state index in [1.807, 2.05) is 0 Å². The first-order valence-electron chi connectivity index (χ1n) is 6.29. The molecule has 114 valence electrons. The Hall–Kier alpha value is -0.320. The van der Waals surface area contributed by atoms with Crippen molar-refractivity contribution >= 4 is 0 Å². The van der Waals surface area contributed by atoms with Gasteiger partial charge in [-0.15, -0.1) is 0 Å². The molecule has 0 aromatic rings. The minimum absolute atomic E-state index is 0.215. The molecular weight excluding hydrogens is 258 g/mol. The Balaban J connectivity index is 2.52. The van der Waals surface area contributed by atoms with Crippen molar-refractivity contribution in [2.45, 2.75) is 62.7 Å². The molecule has 7 N–H and O–H groups in total. The van der Waals surface area contributed by atoms with E-state index in [2.05, 4.69) is 5.32 Å². The van der Waals surface area contributed by atoms with Crippen LogP contribution in [0.15, 0.2) is 0 Å². The van der Waals surface area contributed by atoms with E-state index in [1.54, 1.807) is 6.92 Å². The summed E-state index contributed by atoms with van der Waals surface area (Å²) in [7, 11) is 0. The molecule has 1 aliphatic rings. The SMILES string of the molecule is CC(O)CCC(O)NC1[C@H](O)OC(CO)[C@@H](O)[C@@H]1O. The highest BCUT2D eigenvalue weighted by Gasteiger charge is 2.44. The predicted octanol–water partition coefficient (Wildman–Crippen LogP) is -3.14. The summed E-state index contributed by atoms with van der Waals surface area (Å²) in [5, 5.41) is 59.3. The highest BCUT2D eigenvalue weighted by atomic mass is 16.6. The number of aliphatic hydroxyl groups is 6. The zero-order valence-corrected chi connectivity index (χ0v) is 10.8. The first-order valence-corrected chi connectivity index (χ1v) is 6.29. The van der Waals surface area contributed by atoms with Gasteiger partial charge in [-0.25, -0.2) is 0 Å². The molecular formula is C11H23NO7. The minimum atomic E-state index is -1.46. The van der Waals surface area contributed by atoms with Crippen molar-refractivity contribution in [2.75, 3.05) is 6.61 Å². The molecule has 8 nitrogen and oxygen atoms in total. The number of ether oxygens (including phenoxy) is 1. The summed E-state index contributed by atoms with van der Waals surface area (Å²) in [6.07, 6.45) is -6.36. The lowest BCUT2D eigenvalue weighted by Crippen LogP contribution is -2.64. The normalized spacial score (nSPS) is 39.0. The standard InChI is InChI=1S/C11H23NO7/c1-5(14)2-3-7(15)12-8-10(17)9(16)6(4-13)19-11(8)18/h5-18H,2-4H2,1H3/t5?,6?,7?,8?,9-,10-,11-/m1/s1. The maximum Gasteiger partial charge on any atom is 0.173 e. The van der Waals surface area contributed by atoms with E-state index >= 15 is 0 Å². The van der Waals surface area contributed by atoms with Crippen molar-refractivity contribution in [3.63, 3.8) is 0 Å². The maximum atomic E-state index is 9.81. The Labute approximate surface area is 111 Å². The number of rotatable bonds is 6. The third-order valence-electron chi connectivity index (χ3n) is 3.14. The van der Waals surface area contributed by atoms with Gasteiger partial charge < -0.3 is 35.4 Å². The third-order valence-corrected chi connectivity index (χ3v) is 3.14. The van der Waals surface area contributed by atoms with Crippen molar-refractivity contribution in [2.24, 2.45) is 0 Å². The fourth-order valence-corrected chi connectivity index (χ4v) is 1.98. The molecule has 0 aromatic heterocycles. The molecule has 1 fully saturated rings.